The van der Waals surface area contributed by atoms with Crippen LogP contribution in [-0.4, -0.2) is 6.61 Å². The summed E-state index contributed by atoms with van der Waals surface area (Å²) in [6.45, 7) is 0.445. The van der Waals surface area contributed by atoms with Crippen LogP contribution < -0.4 is 5.90 Å². The molecule has 0 aliphatic heterocycles. The molecule has 2 nitrogen and oxygen atoms in total. The van der Waals surface area contributed by atoms with Crippen molar-refractivity contribution in [1.82, 2.24) is 0 Å². The van der Waals surface area contributed by atoms with E-state index in [2.05, 4.69) is 4.84 Å². The fourth-order valence-electron chi connectivity index (χ4n) is 1.01. The van der Waals surface area contributed by atoms with Crippen molar-refractivity contribution < 1.29 is 4.84 Å². The number of nitrogens with two attached hydrogens (primary N) is 1. The van der Waals surface area contributed by atoms with Crippen molar-refractivity contribution in [2.75, 3.05) is 6.61 Å². The second kappa shape index (κ2) is 5.75. The summed E-state index contributed by atoms with van der Waals surface area (Å²) >= 11 is 5.82. The molecule has 0 aromatic heterocycles. The van der Waals surface area contributed by atoms with E-state index in [1.807, 2.05) is 36.4 Å². The SMILES string of the molecule is NOC/C=C/Cc1cccc(Cl)c1. The summed E-state index contributed by atoms with van der Waals surface area (Å²) in [4.78, 5) is 4.39. The van der Waals surface area contributed by atoms with E-state index in [9.17, 15) is 0 Å². The number of halogens is 1. The van der Waals surface area contributed by atoms with Crippen LogP contribution in [0.5, 0.6) is 0 Å². The number of rotatable bonds is 4. The van der Waals surface area contributed by atoms with Crippen molar-refractivity contribution in [1.29, 1.82) is 0 Å². The quantitative estimate of drug-likeness (QED) is 0.594. The van der Waals surface area contributed by atoms with Crippen molar-refractivity contribution in [3.05, 3.63) is 47.0 Å². The van der Waals surface area contributed by atoms with Gasteiger partial charge in [0.2, 0.25) is 0 Å². The minimum absolute atomic E-state index is 0.445. The van der Waals surface area contributed by atoms with Crippen molar-refractivity contribution in [2.24, 2.45) is 5.90 Å². The molecular formula is C10H12ClNO. The summed E-state index contributed by atoms with van der Waals surface area (Å²) in [5.74, 6) is 4.86. The van der Waals surface area contributed by atoms with Crippen molar-refractivity contribution in [2.45, 2.75) is 6.42 Å². The molecular weight excluding hydrogens is 186 g/mol. The zero-order valence-corrected chi connectivity index (χ0v) is 8.00. The Morgan fingerprint density at radius 1 is 1.38 bits per heavy atom. The summed E-state index contributed by atoms with van der Waals surface area (Å²) in [5, 5.41) is 0.765. The topological polar surface area (TPSA) is 35.2 Å². The van der Waals surface area contributed by atoms with Crippen LogP contribution in [-0.2, 0) is 11.3 Å². The van der Waals surface area contributed by atoms with E-state index >= 15 is 0 Å². The third-order valence-corrected chi connectivity index (χ3v) is 1.84. The maximum absolute atomic E-state index is 5.82. The molecule has 1 aromatic carbocycles. The highest BCUT2D eigenvalue weighted by atomic mass is 35.5. The Morgan fingerprint density at radius 3 is 2.92 bits per heavy atom. The zero-order valence-electron chi connectivity index (χ0n) is 7.24. The smallest absolute Gasteiger partial charge is 0.0860 e. The van der Waals surface area contributed by atoms with Gasteiger partial charge in [0.15, 0.2) is 0 Å². The Bertz CT molecular complexity index is 286. The predicted molar refractivity (Wildman–Crippen MR) is 54.4 cm³/mol. The van der Waals surface area contributed by atoms with Gasteiger partial charge in [-0.3, -0.25) is 0 Å². The third-order valence-electron chi connectivity index (χ3n) is 1.60. The van der Waals surface area contributed by atoms with Crippen LogP contribution in [0.3, 0.4) is 0 Å². The fourth-order valence-corrected chi connectivity index (χ4v) is 1.22. The minimum atomic E-state index is 0.445. The molecule has 0 saturated heterocycles. The highest BCUT2D eigenvalue weighted by Crippen LogP contribution is 2.11. The lowest BCUT2D eigenvalue weighted by molar-refractivity contribution is 0.168. The first-order valence-corrected chi connectivity index (χ1v) is 4.42. The second-order valence-corrected chi connectivity index (χ2v) is 3.08. The monoisotopic (exact) mass is 197 g/mol. The highest BCUT2D eigenvalue weighted by Gasteiger charge is 1.90. The molecule has 0 radical (unpaired) electrons. The van der Waals surface area contributed by atoms with Gasteiger partial charge in [-0.25, -0.2) is 5.90 Å². The molecule has 0 spiro atoms. The van der Waals surface area contributed by atoms with Crippen LogP contribution in [0.1, 0.15) is 5.56 Å². The van der Waals surface area contributed by atoms with E-state index in [1.165, 1.54) is 5.56 Å². The molecule has 0 aliphatic carbocycles. The normalized spacial score (nSPS) is 10.9. The Labute approximate surface area is 82.9 Å². The highest BCUT2D eigenvalue weighted by molar-refractivity contribution is 6.30. The molecule has 1 aromatic rings. The van der Waals surface area contributed by atoms with Crippen LogP contribution in [0.15, 0.2) is 36.4 Å². The lowest BCUT2D eigenvalue weighted by Gasteiger charge is -1.96. The number of hydrogen-bond acceptors (Lipinski definition) is 2. The van der Waals surface area contributed by atoms with Gasteiger partial charge < -0.3 is 4.84 Å². The van der Waals surface area contributed by atoms with Crippen LogP contribution >= 0.6 is 11.6 Å². The molecule has 0 heterocycles. The van der Waals surface area contributed by atoms with Crippen molar-refractivity contribution in [3.63, 3.8) is 0 Å². The van der Waals surface area contributed by atoms with E-state index in [0.29, 0.717) is 6.61 Å². The molecule has 0 aliphatic rings. The first-order valence-electron chi connectivity index (χ1n) is 4.04. The molecule has 70 valence electrons. The van der Waals surface area contributed by atoms with Crippen LogP contribution in [0, 0.1) is 0 Å². The largest absolute Gasteiger partial charge is 0.300 e. The van der Waals surface area contributed by atoms with E-state index in [0.717, 1.165) is 11.4 Å². The lowest BCUT2D eigenvalue weighted by Crippen LogP contribution is -1.97. The Kier molecular flexibility index (Phi) is 4.54. The van der Waals surface area contributed by atoms with Gasteiger partial charge in [0, 0.05) is 5.02 Å². The van der Waals surface area contributed by atoms with E-state index in [-0.39, 0.29) is 0 Å². The molecule has 13 heavy (non-hydrogen) atoms. The fraction of sp³-hybridized carbons (Fsp3) is 0.200. The molecule has 0 saturated carbocycles. The predicted octanol–water partition coefficient (Wildman–Crippen LogP) is 2.33. The van der Waals surface area contributed by atoms with Gasteiger partial charge in [-0.2, -0.15) is 0 Å². The van der Waals surface area contributed by atoms with E-state index in [4.69, 9.17) is 17.5 Å². The van der Waals surface area contributed by atoms with Crippen LogP contribution in [0.2, 0.25) is 5.02 Å². The average molecular weight is 198 g/mol. The molecule has 3 heteroatoms. The average Bonchev–Trinajstić information content (AvgIpc) is 2.13. The maximum atomic E-state index is 5.82. The number of benzene rings is 1. The molecule has 2 N–H and O–H groups in total. The van der Waals surface area contributed by atoms with Gasteiger partial charge in [-0.1, -0.05) is 35.9 Å². The minimum Gasteiger partial charge on any atom is -0.300 e. The summed E-state index contributed by atoms with van der Waals surface area (Å²) in [6, 6.07) is 7.76. The Hall–Kier alpha value is -0.830. The third kappa shape index (κ3) is 4.08. The molecule has 0 atom stereocenters. The molecule has 0 unspecified atom stereocenters. The summed E-state index contributed by atoms with van der Waals surface area (Å²) in [7, 11) is 0. The Balaban J connectivity index is 2.45. The van der Waals surface area contributed by atoms with Gasteiger partial charge in [0.25, 0.3) is 0 Å². The summed E-state index contributed by atoms with van der Waals surface area (Å²) < 4.78 is 0. The summed E-state index contributed by atoms with van der Waals surface area (Å²) in [5.41, 5.74) is 1.18. The lowest BCUT2D eigenvalue weighted by atomic mass is 10.1. The molecule has 0 bridgehead atoms. The maximum Gasteiger partial charge on any atom is 0.0860 e. The van der Waals surface area contributed by atoms with Crippen LogP contribution in [0.4, 0.5) is 0 Å². The molecule has 0 amide bonds. The van der Waals surface area contributed by atoms with Gasteiger partial charge in [0.05, 0.1) is 6.61 Å². The van der Waals surface area contributed by atoms with Gasteiger partial charge in [-0.15, -0.1) is 0 Å². The van der Waals surface area contributed by atoms with E-state index in [1.54, 1.807) is 0 Å². The van der Waals surface area contributed by atoms with Gasteiger partial charge in [0.1, 0.15) is 0 Å². The van der Waals surface area contributed by atoms with E-state index < -0.39 is 0 Å². The molecule has 0 fully saturated rings. The van der Waals surface area contributed by atoms with Crippen molar-refractivity contribution >= 4 is 11.6 Å². The first kappa shape index (κ1) is 10.3. The van der Waals surface area contributed by atoms with Crippen molar-refractivity contribution in [3.8, 4) is 0 Å². The molecule has 1 rings (SSSR count). The standard InChI is InChI=1S/C10H12ClNO/c11-10-6-3-5-9(8-10)4-1-2-7-13-12/h1-3,5-6,8H,4,7,12H2/b2-1+. The summed E-state index contributed by atoms with van der Waals surface area (Å²) in [6.07, 6.45) is 4.73. The van der Waals surface area contributed by atoms with Gasteiger partial charge >= 0.3 is 0 Å². The first-order chi connectivity index (χ1) is 6.33. The van der Waals surface area contributed by atoms with Crippen LogP contribution in [0.25, 0.3) is 0 Å². The number of allylic oxidation sites excluding steroid dienone is 1. The number of hydrogen-bond donors (Lipinski definition) is 1. The second-order valence-electron chi connectivity index (χ2n) is 2.64. The zero-order chi connectivity index (χ0) is 9.52. The Morgan fingerprint density at radius 2 is 2.23 bits per heavy atom. The van der Waals surface area contributed by atoms with Gasteiger partial charge in [-0.05, 0) is 24.1 Å².